The van der Waals surface area contributed by atoms with Crippen molar-refractivity contribution in [2.24, 2.45) is 7.05 Å². The number of aromatic amines is 1. The molecule has 0 atom stereocenters. The van der Waals surface area contributed by atoms with Crippen LogP contribution >= 0.6 is 0 Å². The minimum atomic E-state index is 0.764. The molecule has 0 unspecified atom stereocenters. The van der Waals surface area contributed by atoms with Crippen molar-refractivity contribution in [2.45, 2.75) is 32.2 Å². The molecule has 96 valence electrons. The molecule has 0 aliphatic heterocycles. The van der Waals surface area contributed by atoms with Gasteiger partial charge in [-0.1, -0.05) is 0 Å². The maximum atomic E-state index is 4.43. The predicted molar refractivity (Wildman–Crippen MR) is 70.3 cm³/mol. The standard InChI is InChI=1S/C13H19N5/c1-9-11(8-18(2)17-9)12-7-15-13(16-12)5-6-14-10-3-4-10/h7-8,10,14H,3-6H2,1-2H3,(H,15,16). The van der Waals surface area contributed by atoms with Crippen molar-refractivity contribution < 1.29 is 0 Å². The van der Waals surface area contributed by atoms with Crippen molar-refractivity contribution in [1.29, 1.82) is 0 Å². The van der Waals surface area contributed by atoms with Gasteiger partial charge in [0.25, 0.3) is 0 Å². The van der Waals surface area contributed by atoms with E-state index in [1.54, 1.807) is 0 Å². The number of nitrogens with zero attached hydrogens (tertiary/aromatic N) is 3. The maximum Gasteiger partial charge on any atom is 0.107 e. The second-order valence-corrected chi connectivity index (χ2v) is 5.02. The van der Waals surface area contributed by atoms with Crippen LogP contribution in [0.1, 0.15) is 24.4 Å². The first-order valence-electron chi connectivity index (χ1n) is 6.50. The van der Waals surface area contributed by atoms with E-state index in [-0.39, 0.29) is 0 Å². The molecule has 2 aromatic heterocycles. The summed E-state index contributed by atoms with van der Waals surface area (Å²) in [5.74, 6) is 1.04. The average Bonchev–Trinajstić information content (AvgIpc) is 2.92. The summed E-state index contributed by atoms with van der Waals surface area (Å²) in [4.78, 5) is 7.80. The van der Waals surface area contributed by atoms with Crippen LogP contribution in [-0.2, 0) is 13.5 Å². The van der Waals surface area contributed by atoms with Crippen LogP contribution < -0.4 is 5.32 Å². The van der Waals surface area contributed by atoms with E-state index in [9.17, 15) is 0 Å². The largest absolute Gasteiger partial charge is 0.342 e. The summed E-state index contributed by atoms with van der Waals surface area (Å²) in [6.07, 6.45) is 7.54. The fraction of sp³-hybridized carbons (Fsp3) is 0.538. The highest BCUT2D eigenvalue weighted by Gasteiger charge is 2.19. The summed E-state index contributed by atoms with van der Waals surface area (Å²) in [6.45, 7) is 3.02. The van der Waals surface area contributed by atoms with Crippen LogP contribution in [0.3, 0.4) is 0 Å². The highest BCUT2D eigenvalue weighted by Crippen LogP contribution is 2.20. The zero-order valence-electron chi connectivity index (χ0n) is 10.9. The SMILES string of the molecule is Cc1nn(C)cc1-c1cnc(CCNC2CC2)[nH]1. The summed E-state index contributed by atoms with van der Waals surface area (Å²) in [7, 11) is 1.94. The Kier molecular flexibility index (Phi) is 2.91. The Morgan fingerprint density at radius 2 is 2.33 bits per heavy atom. The van der Waals surface area contributed by atoms with Crippen LogP contribution in [-0.4, -0.2) is 32.3 Å². The number of hydrogen-bond donors (Lipinski definition) is 2. The monoisotopic (exact) mass is 245 g/mol. The Hall–Kier alpha value is -1.62. The van der Waals surface area contributed by atoms with Crippen LogP contribution in [0.15, 0.2) is 12.4 Å². The molecule has 1 aliphatic rings. The lowest BCUT2D eigenvalue weighted by Crippen LogP contribution is -2.19. The van der Waals surface area contributed by atoms with Crippen molar-refractivity contribution >= 4 is 0 Å². The van der Waals surface area contributed by atoms with Gasteiger partial charge in [0.15, 0.2) is 0 Å². The van der Waals surface area contributed by atoms with Gasteiger partial charge in [0.2, 0.25) is 0 Å². The van der Waals surface area contributed by atoms with Gasteiger partial charge < -0.3 is 10.3 Å². The molecular formula is C13H19N5. The molecule has 5 heteroatoms. The molecular weight excluding hydrogens is 226 g/mol. The molecule has 0 amide bonds. The molecule has 2 aromatic rings. The van der Waals surface area contributed by atoms with E-state index in [2.05, 4.69) is 20.4 Å². The van der Waals surface area contributed by atoms with E-state index in [4.69, 9.17) is 0 Å². The molecule has 1 aliphatic carbocycles. The molecule has 1 fully saturated rings. The number of H-pyrrole nitrogens is 1. The topological polar surface area (TPSA) is 58.5 Å². The van der Waals surface area contributed by atoms with Gasteiger partial charge in [0.05, 0.1) is 17.6 Å². The molecule has 2 N–H and O–H groups in total. The van der Waals surface area contributed by atoms with Crippen LogP contribution in [0.5, 0.6) is 0 Å². The molecule has 18 heavy (non-hydrogen) atoms. The van der Waals surface area contributed by atoms with Gasteiger partial charge in [-0.15, -0.1) is 0 Å². The van der Waals surface area contributed by atoms with E-state index < -0.39 is 0 Å². The summed E-state index contributed by atoms with van der Waals surface area (Å²) >= 11 is 0. The second kappa shape index (κ2) is 4.57. The maximum absolute atomic E-state index is 4.43. The summed E-state index contributed by atoms with van der Waals surface area (Å²) < 4.78 is 1.83. The van der Waals surface area contributed by atoms with Gasteiger partial charge >= 0.3 is 0 Å². The first-order valence-corrected chi connectivity index (χ1v) is 6.50. The molecule has 0 saturated heterocycles. The molecule has 3 rings (SSSR count). The number of aryl methyl sites for hydroxylation is 2. The van der Waals surface area contributed by atoms with Crippen molar-refractivity contribution in [3.8, 4) is 11.3 Å². The average molecular weight is 245 g/mol. The van der Waals surface area contributed by atoms with Gasteiger partial charge in [-0.2, -0.15) is 5.10 Å². The van der Waals surface area contributed by atoms with Gasteiger partial charge in [0, 0.05) is 37.8 Å². The zero-order valence-corrected chi connectivity index (χ0v) is 10.9. The zero-order chi connectivity index (χ0) is 12.5. The van der Waals surface area contributed by atoms with E-state index in [0.717, 1.165) is 41.8 Å². The smallest absolute Gasteiger partial charge is 0.107 e. The highest BCUT2D eigenvalue weighted by molar-refractivity contribution is 5.60. The molecule has 1 saturated carbocycles. The van der Waals surface area contributed by atoms with Crippen LogP contribution in [0.2, 0.25) is 0 Å². The fourth-order valence-electron chi connectivity index (χ4n) is 2.17. The normalized spacial score (nSPS) is 15.2. The highest BCUT2D eigenvalue weighted by atomic mass is 15.2. The third kappa shape index (κ3) is 2.46. The van der Waals surface area contributed by atoms with Gasteiger partial charge in [-0.25, -0.2) is 4.98 Å². The van der Waals surface area contributed by atoms with Crippen LogP contribution in [0, 0.1) is 6.92 Å². The lowest BCUT2D eigenvalue weighted by molar-refractivity contribution is 0.669. The first-order chi connectivity index (χ1) is 8.72. The van der Waals surface area contributed by atoms with Crippen molar-refractivity contribution in [3.05, 3.63) is 23.9 Å². The third-order valence-corrected chi connectivity index (χ3v) is 3.30. The van der Waals surface area contributed by atoms with Crippen molar-refractivity contribution in [1.82, 2.24) is 25.1 Å². The van der Waals surface area contributed by atoms with E-state index in [1.807, 2.05) is 31.0 Å². The number of hydrogen-bond acceptors (Lipinski definition) is 3. The summed E-state index contributed by atoms with van der Waals surface area (Å²) in [5, 5.41) is 7.84. The number of aromatic nitrogens is 4. The Labute approximate surface area is 107 Å². The number of rotatable bonds is 5. The van der Waals surface area contributed by atoms with Crippen LogP contribution in [0.4, 0.5) is 0 Å². The summed E-state index contributed by atoms with van der Waals surface area (Å²) in [6, 6.07) is 0.764. The van der Waals surface area contributed by atoms with Crippen LogP contribution in [0.25, 0.3) is 11.3 Å². The molecule has 5 nitrogen and oxygen atoms in total. The number of nitrogens with one attached hydrogen (secondary N) is 2. The molecule has 2 heterocycles. The van der Waals surface area contributed by atoms with E-state index in [1.165, 1.54) is 12.8 Å². The van der Waals surface area contributed by atoms with E-state index in [0.29, 0.717) is 0 Å². The first kappa shape index (κ1) is 11.5. The minimum Gasteiger partial charge on any atom is -0.342 e. The fourth-order valence-corrected chi connectivity index (χ4v) is 2.17. The van der Waals surface area contributed by atoms with Gasteiger partial charge in [-0.3, -0.25) is 4.68 Å². The second-order valence-electron chi connectivity index (χ2n) is 5.02. The molecule has 0 aromatic carbocycles. The summed E-state index contributed by atoms with van der Waals surface area (Å²) in [5.41, 5.74) is 3.22. The van der Waals surface area contributed by atoms with Gasteiger partial charge in [0.1, 0.15) is 5.82 Å². The third-order valence-electron chi connectivity index (χ3n) is 3.30. The Morgan fingerprint density at radius 1 is 1.50 bits per heavy atom. The van der Waals surface area contributed by atoms with Crippen molar-refractivity contribution in [3.63, 3.8) is 0 Å². The lowest BCUT2D eigenvalue weighted by Gasteiger charge is -1.99. The van der Waals surface area contributed by atoms with Crippen molar-refractivity contribution in [2.75, 3.05) is 6.54 Å². The van der Waals surface area contributed by atoms with Gasteiger partial charge in [-0.05, 0) is 19.8 Å². The lowest BCUT2D eigenvalue weighted by atomic mass is 10.2. The number of imidazole rings is 1. The molecule has 0 radical (unpaired) electrons. The Bertz CT molecular complexity index is 535. The molecule has 0 bridgehead atoms. The quantitative estimate of drug-likeness (QED) is 0.837. The Morgan fingerprint density at radius 3 is 3.00 bits per heavy atom. The minimum absolute atomic E-state index is 0.764. The predicted octanol–water partition coefficient (Wildman–Crippen LogP) is 1.41. The Balaban J connectivity index is 1.66. The molecule has 0 spiro atoms. The van der Waals surface area contributed by atoms with E-state index >= 15 is 0 Å².